The van der Waals surface area contributed by atoms with Crippen molar-refractivity contribution in [2.24, 2.45) is 0 Å². The Bertz CT molecular complexity index is 404. The highest BCUT2D eigenvalue weighted by molar-refractivity contribution is 8.16. The molecule has 3 saturated heterocycles. The predicted octanol–water partition coefficient (Wildman–Crippen LogP) is 0.348. The first-order valence-corrected chi connectivity index (χ1v) is 5.78. The lowest BCUT2D eigenvalue weighted by Gasteiger charge is -2.06. The minimum Gasteiger partial charge on any atom is -0.391 e. The number of hydrogen-bond acceptors (Lipinski definition) is 5. The molecule has 4 rings (SSSR count). The Morgan fingerprint density at radius 1 is 1.38 bits per heavy atom. The summed E-state index contributed by atoms with van der Waals surface area (Å²) in [6, 6.07) is 0. The number of carbonyl (C=O) groups is 2. The minimum absolute atomic E-state index is 0.293. The third-order valence-electron chi connectivity index (χ3n) is 3.07. The van der Waals surface area contributed by atoms with E-state index < -0.39 is 9.49 Å². The summed E-state index contributed by atoms with van der Waals surface area (Å²) in [5, 5.41) is 0.739. The van der Waals surface area contributed by atoms with Crippen molar-refractivity contribution in [3.8, 4) is 0 Å². The molecule has 4 atom stereocenters. The number of cyclic esters (lactones) is 2. The van der Waals surface area contributed by atoms with Gasteiger partial charge < -0.3 is 4.74 Å². The Hall–Kier alpha value is -0.420. The zero-order valence-corrected chi connectivity index (χ0v) is 7.98. The van der Waals surface area contributed by atoms with E-state index in [2.05, 4.69) is 4.74 Å². The van der Waals surface area contributed by atoms with E-state index in [0.29, 0.717) is 10.5 Å². The molecule has 0 amide bonds. The number of ether oxygens (including phenoxy) is 1. The average molecular weight is 212 g/mol. The number of fused-ring (bicyclic) bond motifs is 1. The number of esters is 2. The van der Waals surface area contributed by atoms with E-state index >= 15 is 0 Å². The van der Waals surface area contributed by atoms with Gasteiger partial charge in [-0.05, 0) is 0 Å². The quantitative estimate of drug-likeness (QED) is 0.251. The summed E-state index contributed by atoms with van der Waals surface area (Å²) in [5.41, 5.74) is 0. The normalized spacial score (nSPS) is 59.4. The standard InChI is InChI=1S/C8H4O3S2/c9-5-7-2-1-3-4(12-3)8(7,13-7)6(10)11-5/h1-4H. The van der Waals surface area contributed by atoms with Crippen LogP contribution >= 0.6 is 23.5 Å². The van der Waals surface area contributed by atoms with Crippen LogP contribution in [0.4, 0.5) is 0 Å². The maximum atomic E-state index is 11.5. The Kier molecular flexibility index (Phi) is 0.848. The molecule has 66 valence electrons. The summed E-state index contributed by atoms with van der Waals surface area (Å²) in [7, 11) is 0. The van der Waals surface area contributed by atoms with Gasteiger partial charge in [0.05, 0.1) is 0 Å². The van der Waals surface area contributed by atoms with Crippen molar-refractivity contribution in [2.75, 3.05) is 0 Å². The predicted molar refractivity (Wildman–Crippen MR) is 48.5 cm³/mol. The van der Waals surface area contributed by atoms with E-state index in [-0.39, 0.29) is 11.9 Å². The maximum Gasteiger partial charge on any atom is 0.336 e. The van der Waals surface area contributed by atoms with E-state index in [4.69, 9.17) is 0 Å². The van der Waals surface area contributed by atoms with Crippen molar-refractivity contribution in [2.45, 2.75) is 20.0 Å². The van der Waals surface area contributed by atoms with Crippen LogP contribution in [-0.4, -0.2) is 31.9 Å². The lowest BCUT2D eigenvalue weighted by atomic mass is 9.86. The lowest BCUT2D eigenvalue weighted by Crippen LogP contribution is -2.35. The van der Waals surface area contributed by atoms with Crippen LogP contribution in [0.15, 0.2) is 12.2 Å². The van der Waals surface area contributed by atoms with Gasteiger partial charge in [0.2, 0.25) is 0 Å². The highest BCUT2D eigenvalue weighted by atomic mass is 32.2. The van der Waals surface area contributed by atoms with Crippen LogP contribution in [0, 0.1) is 0 Å². The second-order valence-corrected chi connectivity index (χ2v) is 6.45. The summed E-state index contributed by atoms with van der Waals surface area (Å²) in [5.74, 6) is -0.670. The zero-order chi connectivity index (χ0) is 8.84. The molecule has 0 aromatic rings. The van der Waals surface area contributed by atoms with Crippen LogP contribution in [0.1, 0.15) is 0 Å². The molecule has 0 aromatic carbocycles. The van der Waals surface area contributed by atoms with Gasteiger partial charge >= 0.3 is 11.9 Å². The topological polar surface area (TPSA) is 43.4 Å². The second kappa shape index (κ2) is 1.59. The van der Waals surface area contributed by atoms with Crippen LogP contribution in [-0.2, 0) is 14.3 Å². The van der Waals surface area contributed by atoms with Gasteiger partial charge in [-0.1, -0.05) is 12.2 Å². The largest absolute Gasteiger partial charge is 0.391 e. The van der Waals surface area contributed by atoms with Crippen LogP contribution in [0.25, 0.3) is 0 Å². The van der Waals surface area contributed by atoms with Crippen LogP contribution < -0.4 is 0 Å². The first kappa shape index (κ1) is 6.95. The molecule has 4 aliphatic rings. The highest BCUT2D eigenvalue weighted by Crippen LogP contribution is 2.79. The SMILES string of the molecule is O=C1OC(=O)C23SC12C=CC1SC13. The molecular formula is C8H4O3S2. The molecular weight excluding hydrogens is 208 g/mol. The number of carbonyl (C=O) groups excluding carboxylic acids is 2. The van der Waals surface area contributed by atoms with Crippen molar-refractivity contribution in [3.63, 3.8) is 0 Å². The number of rotatable bonds is 0. The van der Waals surface area contributed by atoms with Gasteiger partial charge in [-0.2, -0.15) is 0 Å². The van der Waals surface area contributed by atoms with Crippen LogP contribution in [0.3, 0.4) is 0 Å². The number of hydrogen-bond donors (Lipinski definition) is 0. The molecule has 0 aromatic heterocycles. The van der Waals surface area contributed by atoms with Gasteiger partial charge in [0, 0.05) is 10.5 Å². The van der Waals surface area contributed by atoms with Crippen molar-refractivity contribution < 1.29 is 14.3 Å². The van der Waals surface area contributed by atoms with Crippen LogP contribution in [0.2, 0.25) is 0 Å². The maximum absolute atomic E-state index is 11.5. The highest BCUT2D eigenvalue weighted by Gasteiger charge is 2.90. The van der Waals surface area contributed by atoms with E-state index in [1.54, 1.807) is 11.8 Å². The molecule has 0 spiro atoms. The smallest absolute Gasteiger partial charge is 0.336 e. The van der Waals surface area contributed by atoms with Gasteiger partial charge in [0.1, 0.15) is 0 Å². The Balaban J connectivity index is 1.99. The van der Waals surface area contributed by atoms with Gasteiger partial charge in [0.25, 0.3) is 0 Å². The molecule has 0 radical (unpaired) electrons. The molecule has 0 N–H and O–H groups in total. The van der Waals surface area contributed by atoms with Crippen molar-refractivity contribution >= 4 is 35.5 Å². The van der Waals surface area contributed by atoms with Gasteiger partial charge in [-0.25, -0.2) is 9.59 Å². The summed E-state index contributed by atoms with van der Waals surface area (Å²) >= 11 is 3.23. The molecule has 0 saturated carbocycles. The first-order valence-electron chi connectivity index (χ1n) is 4.02. The van der Waals surface area contributed by atoms with Gasteiger partial charge in [-0.15, -0.1) is 23.5 Å². The fraction of sp³-hybridized carbons (Fsp3) is 0.500. The Morgan fingerprint density at radius 3 is 3.08 bits per heavy atom. The van der Waals surface area contributed by atoms with Gasteiger partial charge in [0.15, 0.2) is 9.49 Å². The molecule has 3 nitrogen and oxygen atoms in total. The Morgan fingerprint density at radius 2 is 2.23 bits per heavy atom. The minimum atomic E-state index is -0.616. The second-order valence-electron chi connectivity index (χ2n) is 3.63. The fourth-order valence-electron chi connectivity index (χ4n) is 2.29. The summed E-state index contributed by atoms with van der Waals surface area (Å²) in [6.07, 6.45) is 3.90. The monoisotopic (exact) mass is 212 g/mol. The lowest BCUT2D eigenvalue weighted by molar-refractivity contribution is -0.153. The third kappa shape index (κ3) is 0.490. The van der Waals surface area contributed by atoms with Gasteiger partial charge in [-0.3, -0.25) is 0 Å². The number of thioether (sulfide) groups is 2. The van der Waals surface area contributed by atoms with E-state index in [1.807, 2.05) is 12.2 Å². The molecule has 3 fully saturated rings. The summed E-state index contributed by atoms with van der Waals surface area (Å²) in [4.78, 5) is 22.9. The van der Waals surface area contributed by atoms with E-state index in [0.717, 1.165) is 0 Å². The molecule has 0 bridgehead atoms. The first-order chi connectivity index (χ1) is 6.21. The fourth-order valence-corrected chi connectivity index (χ4v) is 5.43. The molecule has 5 heteroatoms. The molecule has 13 heavy (non-hydrogen) atoms. The van der Waals surface area contributed by atoms with Crippen molar-refractivity contribution in [3.05, 3.63) is 12.2 Å². The van der Waals surface area contributed by atoms with Crippen molar-refractivity contribution in [1.82, 2.24) is 0 Å². The molecule has 3 aliphatic heterocycles. The Labute approximate surface area is 82.3 Å². The molecule has 1 aliphatic carbocycles. The average Bonchev–Trinajstić information content (AvgIpc) is 2.95. The third-order valence-corrected chi connectivity index (χ3v) is 6.40. The van der Waals surface area contributed by atoms with Crippen molar-refractivity contribution in [1.29, 1.82) is 0 Å². The molecule has 3 heterocycles. The van der Waals surface area contributed by atoms with Crippen LogP contribution in [0.5, 0.6) is 0 Å². The van der Waals surface area contributed by atoms with E-state index in [9.17, 15) is 9.59 Å². The zero-order valence-electron chi connectivity index (χ0n) is 6.35. The summed E-state index contributed by atoms with van der Waals surface area (Å²) in [6.45, 7) is 0. The summed E-state index contributed by atoms with van der Waals surface area (Å²) < 4.78 is 3.55. The molecule has 4 unspecified atom stereocenters. The van der Waals surface area contributed by atoms with E-state index in [1.165, 1.54) is 11.8 Å².